The van der Waals surface area contributed by atoms with Crippen LogP contribution in [-0.2, 0) is 4.74 Å². The Hall–Kier alpha value is -4.11. The van der Waals surface area contributed by atoms with E-state index in [-0.39, 0.29) is 22.9 Å². The molecule has 1 amide bonds. The highest BCUT2D eigenvalue weighted by atomic mass is 32.1. The number of hydrogen-bond acceptors (Lipinski definition) is 6. The molecule has 9 heteroatoms. The van der Waals surface area contributed by atoms with E-state index in [9.17, 15) is 18.8 Å². The molecule has 0 saturated heterocycles. The summed E-state index contributed by atoms with van der Waals surface area (Å²) >= 11 is 1.15. The molecule has 7 nitrogen and oxygen atoms in total. The van der Waals surface area contributed by atoms with E-state index in [2.05, 4.69) is 10.4 Å². The number of ether oxygens (including phenoxy) is 1. The number of nitrogens with zero attached hydrogens (tertiary/aromatic N) is 2. The molecule has 0 aliphatic carbocycles. The zero-order valence-electron chi connectivity index (χ0n) is 18.4. The molecule has 2 heterocycles. The summed E-state index contributed by atoms with van der Waals surface area (Å²) in [5, 5.41) is 8.75. The maximum absolute atomic E-state index is 13.2. The fourth-order valence-electron chi connectivity index (χ4n) is 3.27. The van der Waals surface area contributed by atoms with Crippen LogP contribution in [0.1, 0.15) is 33.3 Å². The number of benzene rings is 2. The van der Waals surface area contributed by atoms with Crippen LogP contribution in [0.2, 0.25) is 0 Å². The molecule has 0 aliphatic rings. The number of amides is 1. The van der Waals surface area contributed by atoms with Gasteiger partial charge in [-0.1, -0.05) is 29.8 Å². The molecule has 0 saturated carbocycles. The minimum Gasteiger partial charge on any atom is -0.462 e. The monoisotopic (exact) mass is 477 g/mol. The third-order valence-electron chi connectivity index (χ3n) is 4.97. The number of esters is 1. The normalized spacial score (nSPS) is 10.7. The molecule has 2 aromatic heterocycles. The van der Waals surface area contributed by atoms with Gasteiger partial charge in [-0.2, -0.15) is 5.10 Å². The van der Waals surface area contributed by atoms with Crippen LogP contribution in [0.15, 0.2) is 71.0 Å². The predicted octanol–water partition coefficient (Wildman–Crippen LogP) is 4.84. The fraction of sp³-hybridized carbons (Fsp3) is 0.120. The molecule has 0 fully saturated rings. The highest BCUT2D eigenvalue weighted by Gasteiger charge is 2.24. The maximum atomic E-state index is 13.2. The van der Waals surface area contributed by atoms with Crippen molar-refractivity contribution in [3.63, 3.8) is 0 Å². The number of carbonyl (C=O) groups excluding carboxylic acids is 2. The van der Waals surface area contributed by atoms with E-state index in [4.69, 9.17) is 4.74 Å². The van der Waals surface area contributed by atoms with Crippen LogP contribution in [0.5, 0.6) is 0 Å². The van der Waals surface area contributed by atoms with Crippen LogP contribution in [0, 0.1) is 12.7 Å². The molecule has 2 aromatic carbocycles. The molecule has 0 aliphatic heterocycles. The van der Waals surface area contributed by atoms with Gasteiger partial charge in [-0.25, -0.2) is 13.9 Å². The zero-order valence-corrected chi connectivity index (χ0v) is 19.2. The Balaban J connectivity index is 1.70. The molecule has 0 spiro atoms. The van der Waals surface area contributed by atoms with Crippen molar-refractivity contribution in [3.8, 4) is 16.8 Å². The lowest BCUT2D eigenvalue weighted by Gasteiger charge is -2.10. The van der Waals surface area contributed by atoms with E-state index in [0.717, 1.165) is 22.5 Å². The fourth-order valence-corrected chi connectivity index (χ4v) is 4.22. The van der Waals surface area contributed by atoms with E-state index in [1.54, 1.807) is 12.3 Å². The number of halogens is 1. The number of thiophene rings is 1. The second kappa shape index (κ2) is 9.80. The van der Waals surface area contributed by atoms with Crippen LogP contribution in [0.4, 0.5) is 9.39 Å². The second-order valence-corrected chi connectivity index (χ2v) is 8.22. The van der Waals surface area contributed by atoms with Crippen LogP contribution >= 0.6 is 11.3 Å². The third kappa shape index (κ3) is 4.79. The molecule has 4 rings (SSSR count). The van der Waals surface area contributed by atoms with Crippen molar-refractivity contribution in [2.75, 3.05) is 11.9 Å². The van der Waals surface area contributed by atoms with Crippen LogP contribution in [0.3, 0.4) is 0 Å². The summed E-state index contributed by atoms with van der Waals surface area (Å²) in [6, 6.07) is 14.2. The van der Waals surface area contributed by atoms with Gasteiger partial charge in [-0.3, -0.25) is 9.59 Å². The highest BCUT2D eigenvalue weighted by Crippen LogP contribution is 2.36. The maximum Gasteiger partial charge on any atom is 0.341 e. The number of hydrogen-bond donors (Lipinski definition) is 1. The van der Waals surface area contributed by atoms with Crippen molar-refractivity contribution >= 4 is 28.2 Å². The van der Waals surface area contributed by atoms with E-state index in [1.807, 2.05) is 31.2 Å². The Morgan fingerprint density at radius 3 is 2.47 bits per heavy atom. The summed E-state index contributed by atoms with van der Waals surface area (Å²) in [5.41, 5.74) is 2.19. The van der Waals surface area contributed by atoms with E-state index >= 15 is 0 Å². The van der Waals surface area contributed by atoms with Crippen molar-refractivity contribution in [1.82, 2.24) is 9.78 Å². The first-order valence-electron chi connectivity index (χ1n) is 10.4. The lowest BCUT2D eigenvalue weighted by atomic mass is 10.0. The molecule has 4 aromatic rings. The Morgan fingerprint density at radius 1 is 1.09 bits per heavy atom. The van der Waals surface area contributed by atoms with Gasteiger partial charge < -0.3 is 10.1 Å². The SMILES string of the molecule is CCOC(=O)c1c(-c2ccc(C)cc2)csc1NC(=O)c1nn(-c2ccc(F)cc2)ccc1=O. The summed E-state index contributed by atoms with van der Waals surface area (Å²) in [7, 11) is 0. The first kappa shape index (κ1) is 23.1. The minimum absolute atomic E-state index is 0.165. The lowest BCUT2D eigenvalue weighted by Crippen LogP contribution is -2.25. The minimum atomic E-state index is -0.774. The van der Waals surface area contributed by atoms with Gasteiger partial charge in [0.05, 0.1) is 12.3 Å². The summed E-state index contributed by atoms with van der Waals surface area (Å²) in [5.74, 6) is -1.78. The number of anilines is 1. The molecule has 1 N–H and O–H groups in total. The van der Waals surface area contributed by atoms with E-state index < -0.39 is 23.1 Å². The molecule has 0 unspecified atom stereocenters. The standard InChI is InChI=1S/C25H20FN3O4S/c1-3-33-25(32)21-19(16-6-4-15(2)5-7-16)14-34-24(21)27-23(31)22-20(30)12-13-29(28-22)18-10-8-17(26)9-11-18/h4-14H,3H2,1-2H3,(H,27,31). The summed E-state index contributed by atoms with van der Waals surface area (Å²) in [6.45, 7) is 3.82. The molecular weight excluding hydrogens is 457 g/mol. The average Bonchev–Trinajstić information content (AvgIpc) is 3.24. The average molecular weight is 478 g/mol. The van der Waals surface area contributed by atoms with Crippen molar-refractivity contribution in [1.29, 1.82) is 0 Å². The second-order valence-electron chi connectivity index (χ2n) is 7.34. The van der Waals surface area contributed by atoms with Gasteiger partial charge in [-0.15, -0.1) is 11.3 Å². The van der Waals surface area contributed by atoms with Gasteiger partial charge in [0.15, 0.2) is 5.69 Å². The van der Waals surface area contributed by atoms with Gasteiger partial charge in [-0.05, 0) is 43.7 Å². The van der Waals surface area contributed by atoms with Crippen molar-refractivity contribution in [2.24, 2.45) is 0 Å². The Kier molecular flexibility index (Phi) is 6.65. The van der Waals surface area contributed by atoms with Gasteiger partial charge in [0.25, 0.3) is 5.91 Å². The quantitative estimate of drug-likeness (QED) is 0.402. The molecular formula is C25H20FN3O4S. The van der Waals surface area contributed by atoms with Gasteiger partial charge in [0, 0.05) is 23.2 Å². The Bertz CT molecular complexity index is 1410. The Morgan fingerprint density at radius 2 is 1.79 bits per heavy atom. The van der Waals surface area contributed by atoms with Crippen molar-refractivity contribution in [3.05, 3.63) is 99.0 Å². The van der Waals surface area contributed by atoms with E-state index in [0.29, 0.717) is 11.3 Å². The third-order valence-corrected chi connectivity index (χ3v) is 5.87. The number of rotatable bonds is 6. The summed E-state index contributed by atoms with van der Waals surface area (Å²) < 4.78 is 19.8. The predicted molar refractivity (Wildman–Crippen MR) is 128 cm³/mol. The van der Waals surface area contributed by atoms with Crippen LogP contribution in [0.25, 0.3) is 16.8 Å². The first-order chi connectivity index (χ1) is 16.4. The first-order valence-corrected chi connectivity index (χ1v) is 11.3. The smallest absolute Gasteiger partial charge is 0.341 e. The van der Waals surface area contributed by atoms with Crippen LogP contribution in [-0.4, -0.2) is 28.3 Å². The summed E-state index contributed by atoms with van der Waals surface area (Å²) in [4.78, 5) is 38.1. The van der Waals surface area contributed by atoms with Crippen LogP contribution < -0.4 is 10.7 Å². The molecule has 34 heavy (non-hydrogen) atoms. The van der Waals surface area contributed by atoms with Gasteiger partial charge >= 0.3 is 5.97 Å². The largest absolute Gasteiger partial charge is 0.462 e. The van der Waals surface area contributed by atoms with Gasteiger partial charge in [0.1, 0.15) is 16.4 Å². The zero-order chi connectivity index (χ0) is 24.2. The van der Waals surface area contributed by atoms with Gasteiger partial charge in [0.2, 0.25) is 5.43 Å². The highest BCUT2D eigenvalue weighted by molar-refractivity contribution is 7.15. The van der Waals surface area contributed by atoms with Crippen molar-refractivity contribution < 1.29 is 18.7 Å². The van der Waals surface area contributed by atoms with E-state index in [1.165, 1.54) is 41.2 Å². The lowest BCUT2D eigenvalue weighted by molar-refractivity contribution is 0.0529. The van der Waals surface area contributed by atoms with Crippen molar-refractivity contribution in [2.45, 2.75) is 13.8 Å². The molecule has 0 bridgehead atoms. The number of aryl methyl sites for hydroxylation is 1. The molecule has 0 radical (unpaired) electrons. The summed E-state index contributed by atoms with van der Waals surface area (Å²) in [6.07, 6.45) is 1.39. The number of carbonyl (C=O) groups is 2. The number of nitrogens with one attached hydrogen (secondary N) is 1. The number of aromatic nitrogens is 2. The topological polar surface area (TPSA) is 90.3 Å². The Labute approximate surface area is 198 Å². The molecule has 0 atom stereocenters. The molecule has 172 valence electrons.